The molecule has 2 aromatic rings. The summed E-state index contributed by atoms with van der Waals surface area (Å²) in [7, 11) is 1.63. The van der Waals surface area contributed by atoms with Crippen molar-refractivity contribution >= 4 is 17.4 Å². The molecule has 2 aromatic carbocycles. The minimum absolute atomic E-state index is 0.563. The zero-order valence-corrected chi connectivity index (χ0v) is 12.5. The molecule has 21 heavy (non-hydrogen) atoms. The van der Waals surface area contributed by atoms with Gasteiger partial charge in [0.05, 0.1) is 25.3 Å². The van der Waals surface area contributed by atoms with Crippen molar-refractivity contribution < 1.29 is 9.47 Å². The van der Waals surface area contributed by atoms with E-state index in [1.54, 1.807) is 43.1 Å². The summed E-state index contributed by atoms with van der Waals surface area (Å²) in [5, 5.41) is 8.72. The first-order chi connectivity index (χ1) is 10.2. The summed E-state index contributed by atoms with van der Waals surface area (Å²) in [6.07, 6.45) is 0. The van der Waals surface area contributed by atoms with E-state index in [0.29, 0.717) is 12.2 Å². The molecule has 0 aliphatic rings. The van der Waals surface area contributed by atoms with Crippen molar-refractivity contribution in [2.24, 2.45) is 0 Å². The molecular formula is C16H16N2O2S. The number of hydrogen-bond donors (Lipinski definition) is 1. The van der Waals surface area contributed by atoms with Crippen LogP contribution in [-0.4, -0.2) is 19.5 Å². The fraction of sp³-hybridized carbons (Fsp3) is 0.188. The Labute approximate surface area is 128 Å². The van der Waals surface area contributed by atoms with Crippen LogP contribution in [0.5, 0.6) is 11.5 Å². The van der Waals surface area contributed by atoms with Crippen LogP contribution in [0.15, 0.2) is 47.4 Å². The number of anilines is 1. The van der Waals surface area contributed by atoms with Crippen molar-refractivity contribution in [1.82, 2.24) is 0 Å². The van der Waals surface area contributed by atoms with E-state index in [1.165, 1.54) is 0 Å². The molecule has 4 nitrogen and oxygen atoms in total. The quantitative estimate of drug-likeness (QED) is 0.503. The first kappa shape index (κ1) is 15.1. The summed E-state index contributed by atoms with van der Waals surface area (Å²) < 4.78 is 10.8. The topological polar surface area (TPSA) is 68.3 Å². The number of benzene rings is 2. The van der Waals surface area contributed by atoms with E-state index >= 15 is 0 Å². The molecule has 0 aliphatic heterocycles. The van der Waals surface area contributed by atoms with E-state index < -0.39 is 0 Å². The van der Waals surface area contributed by atoms with Crippen molar-refractivity contribution in [2.75, 3.05) is 25.2 Å². The Morgan fingerprint density at radius 1 is 1.14 bits per heavy atom. The molecule has 108 valence electrons. The van der Waals surface area contributed by atoms with Gasteiger partial charge in [0.1, 0.15) is 11.5 Å². The van der Waals surface area contributed by atoms with Crippen LogP contribution in [0, 0.1) is 11.3 Å². The van der Waals surface area contributed by atoms with Gasteiger partial charge in [0.15, 0.2) is 0 Å². The third-order valence-corrected chi connectivity index (χ3v) is 3.85. The lowest BCUT2D eigenvalue weighted by Gasteiger charge is -2.09. The van der Waals surface area contributed by atoms with Crippen LogP contribution in [-0.2, 0) is 0 Å². The van der Waals surface area contributed by atoms with Gasteiger partial charge in [-0.1, -0.05) is 0 Å². The zero-order valence-electron chi connectivity index (χ0n) is 11.7. The summed E-state index contributed by atoms with van der Waals surface area (Å²) in [6, 6.07) is 14.7. The maximum atomic E-state index is 8.72. The van der Waals surface area contributed by atoms with Gasteiger partial charge in [-0.15, -0.1) is 11.8 Å². The normalized spacial score (nSPS) is 9.90. The third-order valence-electron chi connectivity index (χ3n) is 2.81. The maximum absolute atomic E-state index is 8.72. The van der Waals surface area contributed by atoms with Crippen LogP contribution in [0.1, 0.15) is 5.56 Å². The largest absolute Gasteiger partial charge is 0.497 e. The zero-order chi connectivity index (χ0) is 15.1. The summed E-state index contributed by atoms with van der Waals surface area (Å²) in [4.78, 5) is 0.984. The number of nitriles is 1. The van der Waals surface area contributed by atoms with Gasteiger partial charge in [-0.25, -0.2) is 0 Å². The molecule has 2 rings (SSSR count). The Hall–Kier alpha value is -2.32. The van der Waals surface area contributed by atoms with Crippen molar-refractivity contribution in [3.8, 4) is 17.6 Å². The Kier molecular flexibility index (Phi) is 5.35. The number of rotatable bonds is 6. The van der Waals surface area contributed by atoms with Crippen LogP contribution < -0.4 is 15.2 Å². The number of nitrogens with two attached hydrogens (primary N) is 1. The molecular weight excluding hydrogens is 284 g/mol. The lowest BCUT2D eigenvalue weighted by atomic mass is 10.2. The minimum Gasteiger partial charge on any atom is -0.497 e. The number of nitrogen functional groups attached to an aromatic ring is 1. The molecule has 0 unspecified atom stereocenters. The Balaban J connectivity index is 1.83. The molecule has 2 N–H and O–H groups in total. The molecule has 0 saturated carbocycles. The van der Waals surface area contributed by atoms with E-state index in [4.69, 9.17) is 20.5 Å². The standard InChI is InChI=1S/C16H16N2O2S/c1-19-14-6-7-15(18)16(10-14)21-9-8-20-13-4-2-12(11-17)3-5-13/h2-7,10H,8-9,18H2,1H3. The van der Waals surface area contributed by atoms with Crippen molar-refractivity contribution in [3.05, 3.63) is 48.0 Å². The van der Waals surface area contributed by atoms with Crippen molar-refractivity contribution in [2.45, 2.75) is 4.90 Å². The van der Waals surface area contributed by atoms with Gasteiger partial charge in [-0.3, -0.25) is 0 Å². The average Bonchev–Trinajstić information content (AvgIpc) is 2.53. The number of nitrogens with zero attached hydrogens (tertiary/aromatic N) is 1. The fourth-order valence-electron chi connectivity index (χ4n) is 1.70. The molecule has 0 fully saturated rings. The van der Waals surface area contributed by atoms with Gasteiger partial charge in [-0.05, 0) is 42.5 Å². The van der Waals surface area contributed by atoms with Gasteiger partial charge < -0.3 is 15.2 Å². The van der Waals surface area contributed by atoms with Crippen LogP contribution in [0.25, 0.3) is 0 Å². The minimum atomic E-state index is 0.563. The molecule has 0 radical (unpaired) electrons. The second-order valence-corrected chi connectivity index (χ2v) is 5.37. The lowest BCUT2D eigenvalue weighted by Crippen LogP contribution is -2.00. The predicted molar refractivity (Wildman–Crippen MR) is 84.8 cm³/mol. The molecule has 5 heteroatoms. The van der Waals surface area contributed by atoms with Gasteiger partial charge in [-0.2, -0.15) is 5.26 Å². The first-order valence-electron chi connectivity index (χ1n) is 6.42. The highest BCUT2D eigenvalue weighted by atomic mass is 32.2. The molecule has 0 spiro atoms. The molecule has 0 heterocycles. The molecule has 0 atom stereocenters. The number of methoxy groups -OCH3 is 1. The van der Waals surface area contributed by atoms with E-state index in [9.17, 15) is 0 Å². The number of thioether (sulfide) groups is 1. The van der Waals surface area contributed by atoms with Crippen LogP contribution >= 0.6 is 11.8 Å². The average molecular weight is 300 g/mol. The Morgan fingerprint density at radius 3 is 2.52 bits per heavy atom. The van der Waals surface area contributed by atoms with Crippen molar-refractivity contribution in [3.63, 3.8) is 0 Å². The van der Waals surface area contributed by atoms with Crippen LogP contribution in [0.2, 0.25) is 0 Å². The molecule has 0 aromatic heterocycles. The van der Waals surface area contributed by atoms with Gasteiger partial charge in [0.2, 0.25) is 0 Å². The highest BCUT2D eigenvalue weighted by Gasteiger charge is 2.03. The van der Waals surface area contributed by atoms with Crippen LogP contribution in [0.3, 0.4) is 0 Å². The Bertz CT molecular complexity index is 636. The fourth-order valence-corrected chi connectivity index (χ4v) is 2.52. The van der Waals surface area contributed by atoms with Crippen LogP contribution in [0.4, 0.5) is 5.69 Å². The molecule has 0 aliphatic carbocycles. The molecule has 0 amide bonds. The first-order valence-corrected chi connectivity index (χ1v) is 7.41. The monoisotopic (exact) mass is 300 g/mol. The second-order valence-electron chi connectivity index (χ2n) is 4.24. The smallest absolute Gasteiger partial charge is 0.120 e. The SMILES string of the molecule is COc1ccc(N)c(SCCOc2ccc(C#N)cc2)c1. The summed E-state index contributed by atoms with van der Waals surface area (Å²) in [5.74, 6) is 2.32. The lowest BCUT2D eigenvalue weighted by molar-refractivity contribution is 0.344. The second kappa shape index (κ2) is 7.46. The van der Waals surface area contributed by atoms with E-state index in [2.05, 4.69) is 6.07 Å². The Morgan fingerprint density at radius 2 is 1.86 bits per heavy atom. The summed E-state index contributed by atoms with van der Waals surface area (Å²) in [6.45, 7) is 0.563. The van der Waals surface area contributed by atoms with Gasteiger partial charge in [0.25, 0.3) is 0 Å². The predicted octanol–water partition coefficient (Wildman–Crippen LogP) is 3.32. The number of hydrogen-bond acceptors (Lipinski definition) is 5. The highest BCUT2D eigenvalue weighted by Crippen LogP contribution is 2.29. The number of ether oxygens (including phenoxy) is 2. The van der Waals surface area contributed by atoms with Gasteiger partial charge >= 0.3 is 0 Å². The van der Waals surface area contributed by atoms with Gasteiger partial charge in [0, 0.05) is 16.3 Å². The third kappa shape index (κ3) is 4.33. The van der Waals surface area contributed by atoms with E-state index in [-0.39, 0.29) is 0 Å². The summed E-state index contributed by atoms with van der Waals surface area (Å²) in [5.41, 5.74) is 7.28. The van der Waals surface area contributed by atoms with E-state index in [1.807, 2.05) is 18.2 Å². The summed E-state index contributed by atoms with van der Waals surface area (Å²) >= 11 is 1.62. The van der Waals surface area contributed by atoms with Crippen molar-refractivity contribution in [1.29, 1.82) is 5.26 Å². The maximum Gasteiger partial charge on any atom is 0.120 e. The van der Waals surface area contributed by atoms with E-state index in [0.717, 1.165) is 27.8 Å². The molecule has 0 saturated heterocycles. The highest BCUT2D eigenvalue weighted by molar-refractivity contribution is 7.99. The molecule has 0 bridgehead atoms.